The summed E-state index contributed by atoms with van der Waals surface area (Å²) in [5, 5.41) is 1.82. The smallest absolute Gasteiger partial charge is 0.254 e. The third-order valence-corrected chi connectivity index (χ3v) is 10.4. The maximum absolute atomic E-state index is 13.5. The summed E-state index contributed by atoms with van der Waals surface area (Å²) in [5.74, 6) is 0.118. The van der Waals surface area contributed by atoms with Crippen LogP contribution < -0.4 is 0 Å². The van der Waals surface area contributed by atoms with Gasteiger partial charge in [-0.1, -0.05) is 18.2 Å². The van der Waals surface area contributed by atoms with Crippen molar-refractivity contribution >= 4 is 27.3 Å². The van der Waals surface area contributed by atoms with Crippen LogP contribution in [0, 0.1) is 0 Å². The monoisotopic (exact) mass is 444 g/mol. The third kappa shape index (κ3) is 3.13. The molecule has 1 aromatic carbocycles. The summed E-state index contributed by atoms with van der Waals surface area (Å²) in [6.45, 7) is 2.20. The lowest BCUT2D eigenvalue weighted by atomic mass is 9.83. The lowest BCUT2D eigenvalue weighted by molar-refractivity contribution is 0.0723. The second kappa shape index (κ2) is 7.77. The number of thiophene rings is 1. The molecule has 2 aromatic rings. The van der Waals surface area contributed by atoms with Crippen molar-refractivity contribution in [1.82, 2.24) is 9.21 Å². The average molecular weight is 445 g/mol. The largest absolute Gasteiger partial charge is 0.339 e. The highest BCUT2D eigenvalue weighted by molar-refractivity contribution is 7.91. The molecule has 3 heterocycles. The number of carbonyl (C=O) groups excluding carboxylic acids is 1. The summed E-state index contributed by atoms with van der Waals surface area (Å²) in [4.78, 5) is 15.3. The quantitative estimate of drug-likeness (QED) is 0.705. The standard InChI is InChI=1S/C23H28N2O3S2/c26-22(24-14-3-1-4-15-24)19-8-6-9-20-18(19)11-13-23(20)12-2-5-16-25(23)30(27,28)21-10-7-17-29-21/h6-10,17H,1-5,11-16H2. The van der Waals surface area contributed by atoms with Crippen molar-refractivity contribution in [2.24, 2.45) is 0 Å². The van der Waals surface area contributed by atoms with Gasteiger partial charge in [0.25, 0.3) is 15.9 Å². The maximum Gasteiger partial charge on any atom is 0.254 e. The summed E-state index contributed by atoms with van der Waals surface area (Å²) in [5.41, 5.74) is 2.39. The van der Waals surface area contributed by atoms with Crippen LogP contribution in [0.5, 0.6) is 0 Å². The van der Waals surface area contributed by atoms with Gasteiger partial charge < -0.3 is 4.90 Å². The summed E-state index contributed by atoms with van der Waals surface area (Å²) >= 11 is 1.28. The summed E-state index contributed by atoms with van der Waals surface area (Å²) in [6.07, 6.45) is 7.57. The van der Waals surface area contributed by atoms with Gasteiger partial charge in [0.1, 0.15) is 4.21 Å². The Morgan fingerprint density at radius 1 is 0.933 bits per heavy atom. The minimum absolute atomic E-state index is 0.118. The van der Waals surface area contributed by atoms with Gasteiger partial charge in [-0.25, -0.2) is 8.42 Å². The van der Waals surface area contributed by atoms with E-state index in [0.29, 0.717) is 10.8 Å². The molecule has 0 N–H and O–H groups in total. The number of benzene rings is 1. The average Bonchev–Trinajstić information content (AvgIpc) is 3.44. The molecule has 5 nitrogen and oxygen atoms in total. The highest BCUT2D eigenvalue weighted by atomic mass is 32.2. The van der Waals surface area contributed by atoms with Gasteiger partial charge in [-0.15, -0.1) is 11.3 Å². The molecule has 0 bridgehead atoms. The van der Waals surface area contributed by atoms with Crippen LogP contribution in [0.3, 0.4) is 0 Å². The van der Waals surface area contributed by atoms with Crippen molar-refractivity contribution < 1.29 is 13.2 Å². The first-order valence-corrected chi connectivity index (χ1v) is 13.3. The fourth-order valence-electron chi connectivity index (χ4n) is 5.63. The molecule has 5 rings (SSSR count). The van der Waals surface area contributed by atoms with E-state index in [1.165, 1.54) is 17.8 Å². The second-order valence-corrected chi connectivity index (χ2v) is 11.7. The predicted molar refractivity (Wildman–Crippen MR) is 118 cm³/mol. The minimum atomic E-state index is -3.55. The number of fused-ring (bicyclic) bond motifs is 2. The van der Waals surface area contributed by atoms with Gasteiger partial charge in [-0.2, -0.15) is 4.31 Å². The molecule has 160 valence electrons. The molecule has 0 saturated carbocycles. The van der Waals surface area contributed by atoms with Gasteiger partial charge in [0.2, 0.25) is 0 Å². The zero-order chi connectivity index (χ0) is 20.8. The van der Waals surface area contributed by atoms with Crippen LogP contribution in [0.15, 0.2) is 39.9 Å². The van der Waals surface area contributed by atoms with Crippen LogP contribution in [-0.4, -0.2) is 43.2 Å². The molecular formula is C23H28N2O3S2. The molecule has 2 saturated heterocycles. The van der Waals surface area contributed by atoms with Crippen molar-refractivity contribution in [2.75, 3.05) is 19.6 Å². The van der Waals surface area contributed by atoms with E-state index in [9.17, 15) is 13.2 Å². The number of piperidine rings is 2. The van der Waals surface area contributed by atoms with Gasteiger partial charge >= 0.3 is 0 Å². The van der Waals surface area contributed by atoms with Crippen molar-refractivity contribution in [3.05, 3.63) is 52.4 Å². The molecule has 1 spiro atoms. The van der Waals surface area contributed by atoms with E-state index >= 15 is 0 Å². The van der Waals surface area contributed by atoms with Crippen molar-refractivity contribution in [2.45, 2.75) is 61.1 Å². The number of nitrogens with zero attached hydrogens (tertiary/aromatic N) is 2. The number of sulfonamides is 1. The van der Waals surface area contributed by atoms with E-state index in [1.54, 1.807) is 16.4 Å². The molecule has 0 radical (unpaired) electrons. The van der Waals surface area contributed by atoms with E-state index in [0.717, 1.165) is 74.7 Å². The van der Waals surface area contributed by atoms with E-state index < -0.39 is 15.6 Å². The van der Waals surface area contributed by atoms with Crippen LogP contribution in [0.2, 0.25) is 0 Å². The summed E-state index contributed by atoms with van der Waals surface area (Å²) < 4.78 is 29.3. The Morgan fingerprint density at radius 3 is 2.50 bits per heavy atom. The van der Waals surface area contributed by atoms with E-state index in [4.69, 9.17) is 0 Å². The Kier molecular flexibility index (Phi) is 5.24. The molecule has 2 aliphatic heterocycles. The topological polar surface area (TPSA) is 57.7 Å². The molecular weight excluding hydrogens is 416 g/mol. The van der Waals surface area contributed by atoms with Gasteiger partial charge in [0.15, 0.2) is 0 Å². The number of likely N-dealkylation sites (tertiary alicyclic amines) is 1. The number of hydrogen-bond acceptors (Lipinski definition) is 4. The van der Waals surface area contributed by atoms with Crippen LogP contribution in [0.4, 0.5) is 0 Å². The van der Waals surface area contributed by atoms with Crippen molar-refractivity contribution in [3.8, 4) is 0 Å². The first-order chi connectivity index (χ1) is 14.5. The Bertz CT molecular complexity index is 1040. The van der Waals surface area contributed by atoms with E-state index in [1.807, 2.05) is 22.4 Å². The van der Waals surface area contributed by atoms with Crippen LogP contribution in [0.1, 0.15) is 66.4 Å². The zero-order valence-corrected chi connectivity index (χ0v) is 18.8. The highest BCUT2D eigenvalue weighted by Crippen LogP contribution is 2.50. The molecule has 3 aliphatic rings. The van der Waals surface area contributed by atoms with E-state index in [-0.39, 0.29) is 5.91 Å². The number of rotatable bonds is 3. The highest BCUT2D eigenvalue weighted by Gasteiger charge is 2.51. The number of hydrogen-bond donors (Lipinski definition) is 0. The van der Waals surface area contributed by atoms with Crippen molar-refractivity contribution in [1.29, 1.82) is 0 Å². The lowest BCUT2D eigenvalue weighted by Crippen LogP contribution is -2.50. The van der Waals surface area contributed by atoms with Gasteiger partial charge in [-0.3, -0.25) is 4.79 Å². The molecule has 7 heteroatoms. The summed E-state index contributed by atoms with van der Waals surface area (Å²) in [7, 11) is -3.55. The lowest BCUT2D eigenvalue weighted by Gasteiger charge is -2.44. The predicted octanol–water partition coefficient (Wildman–Crippen LogP) is 4.39. The SMILES string of the molecule is O=C(c1cccc2c1CCC21CCCCN1S(=O)(=O)c1cccs1)N1CCCCC1. The van der Waals surface area contributed by atoms with Gasteiger partial charge in [0.05, 0.1) is 5.54 Å². The second-order valence-electron chi connectivity index (χ2n) is 8.68. The fraction of sp³-hybridized carbons (Fsp3) is 0.522. The molecule has 1 aliphatic carbocycles. The zero-order valence-electron chi connectivity index (χ0n) is 17.2. The Hall–Kier alpha value is -1.70. The Balaban J connectivity index is 1.56. The molecule has 1 unspecified atom stereocenters. The van der Waals surface area contributed by atoms with Gasteiger partial charge in [-0.05, 0) is 80.0 Å². The molecule has 1 aromatic heterocycles. The fourth-order valence-corrected chi connectivity index (χ4v) is 8.58. The van der Waals surface area contributed by atoms with Crippen LogP contribution in [-0.2, 0) is 22.0 Å². The Labute approximate surface area is 182 Å². The van der Waals surface area contributed by atoms with Crippen LogP contribution in [0.25, 0.3) is 0 Å². The molecule has 30 heavy (non-hydrogen) atoms. The number of carbonyl (C=O) groups is 1. The summed E-state index contributed by atoms with van der Waals surface area (Å²) in [6, 6.07) is 9.46. The molecule has 1 amide bonds. The Morgan fingerprint density at radius 2 is 1.73 bits per heavy atom. The van der Waals surface area contributed by atoms with Gasteiger partial charge in [0, 0.05) is 25.2 Å². The minimum Gasteiger partial charge on any atom is -0.339 e. The third-order valence-electron chi connectivity index (χ3n) is 7.06. The first-order valence-electron chi connectivity index (χ1n) is 11.0. The van der Waals surface area contributed by atoms with Crippen molar-refractivity contribution in [3.63, 3.8) is 0 Å². The first kappa shape index (κ1) is 20.2. The van der Waals surface area contributed by atoms with E-state index in [2.05, 4.69) is 6.07 Å². The molecule has 2 fully saturated rings. The number of amides is 1. The molecule has 1 atom stereocenters. The van der Waals surface area contributed by atoms with Crippen LogP contribution >= 0.6 is 11.3 Å². The maximum atomic E-state index is 13.5. The normalized spacial score (nSPS) is 24.9.